The average molecular weight is 598 g/mol. The molecular weight excluding hydrogens is 573 g/mol. The van der Waals surface area contributed by atoms with Gasteiger partial charge in [-0.3, -0.25) is 19.5 Å². The zero-order valence-electron chi connectivity index (χ0n) is 22.3. The predicted molar refractivity (Wildman–Crippen MR) is 163 cm³/mol. The minimum Gasteiger partial charge on any atom is -0.349 e. The molecule has 3 heterocycles. The van der Waals surface area contributed by atoms with Crippen molar-refractivity contribution in [1.82, 2.24) is 20.1 Å². The molecule has 0 fully saturated rings. The molecule has 1 aliphatic rings. The van der Waals surface area contributed by atoms with Gasteiger partial charge in [-0.1, -0.05) is 72.3 Å². The molecule has 3 aromatic carbocycles. The molecule has 5 aromatic rings. The van der Waals surface area contributed by atoms with E-state index in [9.17, 15) is 14.0 Å². The Morgan fingerprint density at radius 3 is 2.45 bits per heavy atom. The Labute approximate surface area is 251 Å². The van der Waals surface area contributed by atoms with Gasteiger partial charge >= 0.3 is 0 Å². The smallest absolute Gasteiger partial charge is 0.240 e. The summed E-state index contributed by atoms with van der Waals surface area (Å²) in [6, 6.07) is 28.6. The monoisotopic (exact) mass is 597 g/mol. The van der Waals surface area contributed by atoms with Crippen LogP contribution in [0.3, 0.4) is 0 Å². The second-order valence-electron chi connectivity index (χ2n) is 9.64. The van der Waals surface area contributed by atoms with Crippen LogP contribution >= 0.6 is 23.4 Å². The number of anilines is 1. The van der Waals surface area contributed by atoms with Crippen molar-refractivity contribution in [2.24, 2.45) is 0 Å². The molecule has 0 unspecified atom stereocenters. The largest absolute Gasteiger partial charge is 0.349 e. The van der Waals surface area contributed by atoms with Crippen molar-refractivity contribution in [3.8, 4) is 16.9 Å². The molecule has 10 heteroatoms. The first-order valence-corrected chi connectivity index (χ1v) is 14.7. The van der Waals surface area contributed by atoms with Crippen LogP contribution in [0.25, 0.3) is 16.9 Å². The fourth-order valence-corrected chi connectivity index (χ4v) is 6.33. The van der Waals surface area contributed by atoms with E-state index in [2.05, 4.69) is 10.3 Å². The molecule has 0 bridgehead atoms. The van der Waals surface area contributed by atoms with Gasteiger partial charge in [0.25, 0.3) is 0 Å². The number of pyridine rings is 1. The Morgan fingerprint density at radius 2 is 1.71 bits per heavy atom. The highest BCUT2D eigenvalue weighted by Gasteiger charge is 2.38. The molecule has 0 saturated heterocycles. The van der Waals surface area contributed by atoms with Crippen LogP contribution in [0.1, 0.15) is 22.1 Å². The first-order valence-electron chi connectivity index (χ1n) is 13.3. The van der Waals surface area contributed by atoms with Crippen molar-refractivity contribution in [2.45, 2.75) is 11.8 Å². The van der Waals surface area contributed by atoms with Gasteiger partial charge < -0.3 is 5.32 Å². The van der Waals surface area contributed by atoms with Gasteiger partial charge in [-0.15, -0.1) is 11.8 Å². The molecule has 2 aromatic heterocycles. The summed E-state index contributed by atoms with van der Waals surface area (Å²) in [4.78, 5) is 32.8. The van der Waals surface area contributed by atoms with Gasteiger partial charge in [0, 0.05) is 17.3 Å². The van der Waals surface area contributed by atoms with Gasteiger partial charge in [0.05, 0.1) is 39.6 Å². The zero-order chi connectivity index (χ0) is 29.1. The maximum Gasteiger partial charge on any atom is 0.240 e. The van der Waals surface area contributed by atoms with Crippen LogP contribution in [0.4, 0.5) is 10.2 Å². The summed E-state index contributed by atoms with van der Waals surface area (Å²) in [6.07, 6.45) is 1.66. The Bertz CT molecular complexity index is 1730. The van der Waals surface area contributed by atoms with Gasteiger partial charge in [0.2, 0.25) is 11.8 Å². The summed E-state index contributed by atoms with van der Waals surface area (Å²) in [5.74, 6) is -0.416. The second-order valence-corrected chi connectivity index (χ2v) is 11.1. The number of carbonyl (C=O) groups is 2. The SMILES string of the molecule is O=C(CN1C(=O)CS[C@H](c2ccc(F)cc2)c2c(-c3ccccc3)nn(-c3ccccc3Cl)c21)NCc1ccccn1. The van der Waals surface area contributed by atoms with E-state index in [1.54, 1.807) is 35.1 Å². The third-order valence-corrected chi connectivity index (χ3v) is 8.46. The Kier molecular flexibility index (Phi) is 8.03. The topological polar surface area (TPSA) is 80.1 Å². The highest BCUT2D eigenvalue weighted by Crippen LogP contribution is 2.48. The molecule has 6 rings (SSSR count). The summed E-state index contributed by atoms with van der Waals surface area (Å²) in [5, 5.41) is 7.96. The number of carbonyl (C=O) groups excluding carboxylic acids is 2. The van der Waals surface area contributed by atoms with Gasteiger partial charge in [-0.25, -0.2) is 9.07 Å². The molecular formula is C32H25ClFN5O2S. The van der Waals surface area contributed by atoms with E-state index in [4.69, 9.17) is 16.7 Å². The number of halogens is 2. The number of amides is 2. The Hall–Kier alpha value is -4.47. The Morgan fingerprint density at radius 1 is 0.976 bits per heavy atom. The molecule has 0 saturated carbocycles. The first kappa shape index (κ1) is 27.7. The number of thioether (sulfide) groups is 1. The summed E-state index contributed by atoms with van der Waals surface area (Å²) in [6.45, 7) is -0.0136. The van der Waals surface area contributed by atoms with Gasteiger partial charge in [0.15, 0.2) is 0 Å². The van der Waals surface area contributed by atoms with Crippen molar-refractivity contribution in [3.05, 3.63) is 131 Å². The van der Waals surface area contributed by atoms with E-state index >= 15 is 0 Å². The number of hydrogen-bond donors (Lipinski definition) is 1. The molecule has 0 aliphatic carbocycles. The van der Waals surface area contributed by atoms with E-state index in [1.807, 2.05) is 60.7 Å². The molecule has 7 nitrogen and oxygen atoms in total. The number of nitrogens with one attached hydrogen (secondary N) is 1. The van der Waals surface area contributed by atoms with E-state index < -0.39 is 0 Å². The summed E-state index contributed by atoms with van der Waals surface area (Å²) in [5.41, 5.74) is 4.29. The Balaban J connectivity index is 1.52. The average Bonchev–Trinajstić information content (AvgIpc) is 3.34. The van der Waals surface area contributed by atoms with Crippen LogP contribution in [0.5, 0.6) is 0 Å². The van der Waals surface area contributed by atoms with Crippen molar-refractivity contribution < 1.29 is 14.0 Å². The molecule has 1 aliphatic heterocycles. The molecule has 210 valence electrons. The number of nitrogens with zero attached hydrogens (tertiary/aromatic N) is 4. The third kappa shape index (κ3) is 5.66. The summed E-state index contributed by atoms with van der Waals surface area (Å²) in [7, 11) is 0. The number of aromatic nitrogens is 3. The van der Waals surface area contributed by atoms with Crippen LogP contribution in [0.2, 0.25) is 5.02 Å². The molecule has 42 heavy (non-hydrogen) atoms. The molecule has 2 amide bonds. The van der Waals surface area contributed by atoms with E-state index in [0.717, 1.165) is 16.7 Å². The van der Waals surface area contributed by atoms with Crippen molar-refractivity contribution >= 4 is 41.0 Å². The van der Waals surface area contributed by atoms with Gasteiger partial charge in [-0.2, -0.15) is 5.10 Å². The lowest BCUT2D eigenvalue weighted by molar-refractivity contribution is -0.123. The van der Waals surface area contributed by atoms with E-state index in [-0.39, 0.29) is 41.7 Å². The number of para-hydroxylation sites is 1. The first-order chi connectivity index (χ1) is 20.5. The van der Waals surface area contributed by atoms with E-state index in [1.165, 1.54) is 28.8 Å². The highest BCUT2D eigenvalue weighted by atomic mass is 35.5. The van der Waals surface area contributed by atoms with Crippen molar-refractivity contribution in [3.63, 3.8) is 0 Å². The lowest BCUT2D eigenvalue weighted by Gasteiger charge is -2.23. The minimum absolute atomic E-state index is 0.0982. The lowest BCUT2D eigenvalue weighted by Crippen LogP contribution is -2.42. The van der Waals surface area contributed by atoms with Crippen molar-refractivity contribution in [2.75, 3.05) is 17.2 Å². The van der Waals surface area contributed by atoms with Crippen molar-refractivity contribution in [1.29, 1.82) is 0 Å². The lowest BCUT2D eigenvalue weighted by atomic mass is 9.99. The summed E-state index contributed by atoms with van der Waals surface area (Å²) >= 11 is 8.09. The molecule has 1 N–H and O–H groups in total. The van der Waals surface area contributed by atoms with Crippen LogP contribution < -0.4 is 10.2 Å². The fraction of sp³-hybridized carbons (Fsp3) is 0.125. The fourth-order valence-electron chi connectivity index (χ4n) is 4.91. The van der Waals surface area contributed by atoms with E-state index in [0.29, 0.717) is 27.9 Å². The molecule has 0 radical (unpaired) electrons. The van der Waals surface area contributed by atoms with Crippen LogP contribution in [0, 0.1) is 5.82 Å². The number of fused-ring (bicyclic) bond motifs is 1. The number of rotatable bonds is 7. The van der Waals surface area contributed by atoms with Gasteiger partial charge in [-0.05, 0) is 42.0 Å². The predicted octanol–water partition coefficient (Wildman–Crippen LogP) is 6.21. The highest BCUT2D eigenvalue weighted by molar-refractivity contribution is 8.00. The maximum atomic E-state index is 14.0. The van der Waals surface area contributed by atoms with Crippen LogP contribution in [-0.4, -0.2) is 38.9 Å². The van der Waals surface area contributed by atoms with Crippen LogP contribution in [0.15, 0.2) is 103 Å². The minimum atomic E-state index is -0.377. The molecule has 1 atom stereocenters. The summed E-state index contributed by atoms with van der Waals surface area (Å²) < 4.78 is 15.6. The third-order valence-electron chi connectivity index (χ3n) is 6.88. The second kappa shape index (κ2) is 12.2. The number of hydrogen-bond acceptors (Lipinski definition) is 5. The standard InChI is InChI=1S/C32H25ClFN5O2S/c33-25-11-4-5-12-26(25)39-32-29(30(37-39)21-8-2-1-3-9-21)31(22-13-15-23(34)16-14-22)42-20-28(41)38(32)19-27(40)36-18-24-10-6-7-17-35-24/h1-17,31H,18-20H2,(H,36,40)/t31-/m1/s1. The zero-order valence-corrected chi connectivity index (χ0v) is 23.9. The normalized spacial score (nSPS) is 14.8. The maximum absolute atomic E-state index is 14.0. The molecule has 0 spiro atoms. The number of benzene rings is 3. The van der Waals surface area contributed by atoms with Crippen LogP contribution in [-0.2, 0) is 16.1 Å². The quantitative estimate of drug-likeness (QED) is 0.241. The van der Waals surface area contributed by atoms with Gasteiger partial charge in [0.1, 0.15) is 18.2 Å².